The van der Waals surface area contributed by atoms with Crippen LogP contribution in [0, 0.1) is 5.82 Å². The average molecular weight is 247 g/mol. The van der Waals surface area contributed by atoms with E-state index in [4.69, 9.17) is 0 Å². The molecule has 0 atom stereocenters. The number of anilines is 2. The second kappa shape index (κ2) is 5.23. The molecule has 0 radical (unpaired) electrons. The summed E-state index contributed by atoms with van der Waals surface area (Å²) in [5.41, 5.74) is 2.07. The lowest BCUT2D eigenvalue weighted by Gasteiger charge is -2.19. The highest BCUT2D eigenvalue weighted by Crippen LogP contribution is 2.25. The van der Waals surface area contributed by atoms with Crippen LogP contribution >= 0.6 is 11.8 Å². The first-order valence-electron chi connectivity index (χ1n) is 5.34. The van der Waals surface area contributed by atoms with Crippen molar-refractivity contribution in [3.05, 3.63) is 54.3 Å². The van der Waals surface area contributed by atoms with Gasteiger partial charge < -0.3 is 4.90 Å². The van der Waals surface area contributed by atoms with E-state index in [0.717, 1.165) is 11.4 Å². The van der Waals surface area contributed by atoms with Crippen molar-refractivity contribution in [1.82, 2.24) is 0 Å². The lowest BCUT2D eigenvalue weighted by atomic mass is 10.2. The van der Waals surface area contributed by atoms with Crippen molar-refractivity contribution in [2.45, 2.75) is 4.90 Å². The topological polar surface area (TPSA) is 3.24 Å². The van der Waals surface area contributed by atoms with E-state index >= 15 is 0 Å². The number of benzene rings is 2. The van der Waals surface area contributed by atoms with Crippen LogP contribution in [0.4, 0.5) is 15.8 Å². The monoisotopic (exact) mass is 247 g/mol. The van der Waals surface area contributed by atoms with Crippen LogP contribution in [0.5, 0.6) is 0 Å². The van der Waals surface area contributed by atoms with E-state index in [9.17, 15) is 4.39 Å². The summed E-state index contributed by atoms with van der Waals surface area (Å²) in [5, 5.41) is 0. The fraction of sp³-hybridized carbons (Fsp3) is 0.143. The maximum Gasteiger partial charge on any atom is 0.123 e. The zero-order chi connectivity index (χ0) is 12.3. The van der Waals surface area contributed by atoms with Crippen molar-refractivity contribution in [3.63, 3.8) is 0 Å². The molecule has 0 saturated carbocycles. The molecular weight excluding hydrogens is 233 g/mol. The van der Waals surface area contributed by atoms with Crippen LogP contribution in [0.15, 0.2) is 53.4 Å². The Balaban J connectivity index is 2.23. The van der Waals surface area contributed by atoms with Gasteiger partial charge in [-0.1, -0.05) is 0 Å². The van der Waals surface area contributed by atoms with E-state index < -0.39 is 0 Å². The molecule has 0 amide bonds. The van der Waals surface area contributed by atoms with Gasteiger partial charge in [0.05, 0.1) is 0 Å². The summed E-state index contributed by atoms with van der Waals surface area (Å²) >= 11 is 1.72. The molecule has 17 heavy (non-hydrogen) atoms. The van der Waals surface area contributed by atoms with Crippen molar-refractivity contribution < 1.29 is 4.39 Å². The number of rotatable bonds is 3. The van der Waals surface area contributed by atoms with Gasteiger partial charge in [0.15, 0.2) is 0 Å². The third-order valence-corrected chi connectivity index (χ3v) is 3.42. The minimum absolute atomic E-state index is 0.208. The number of thioether (sulfide) groups is 1. The van der Waals surface area contributed by atoms with Crippen molar-refractivity contribution >= 4 is 23.1 Å². The minimum atomic E-state index is -0.208. The maximum atomic E-state index is 12.8. The van der Waals surface area contributed by atoms with E-state index in [1.807, 2.05) is 11.9 Å². The van der Waals surface area contributed by atoms with Gasteiger partial charge in [-0.3, -0.25) is 0 Å². The van der Waals surface area contributed by atoms with Gasteiger partial charge in [0, 0.05) is 23.3 Å². The molecule has 0 N–H and O–H groups in total. The molecule has 2 aromatic carbocycles. The van der Waals surface area contributed by atoms with E-state index in [1.54, 1.807) is 23.9 Å². The molecule has 0 heterocycles. The van der Waals surface area contributed by atoms with Gasteiger partial charge >= 0.3 is 0 Å². The van der Waals surface area contributed by atoms with Crippen LogP contribution in [0.25, 0.3) is 0 Å². The van der Waals surface area contributed by atoms with Crippen LogP contribution in [0.3, 0.4) is 0 Å². The molecule has 3 heteroatoms. The molecule has 0 bridgehead atoms. The lowest BCUT2D eigenvalue weighted by Crippen LogP contribution is -2.08. The number of nitrogens with zero attached hydrogens (tertiary/aromatic N) is 1. The standard InChI is InChI=1S/C14H14FNS/c1-16(12-5-3-11(15)4-6-12)13-7-9-14(17-2)10-8-13/h3-10H,1-2H3. The Morgan fingerprint density at radius 1 is 0.882 bits per heavy atom. The van der Waals surface area contributed by atoms with Crippen LogP contribution in [0.2, 0.25) is 0 Å². The highest BCUT2D eigenvalue weighted by molar-refractivity contribution is 7.98. The van der Waals surface area contributed by atoms with Crippen LogP contribution in [-0.4, -0.2) is 13.3 Å². The summed E-state index contributed by atoms with van der Waals surface area (Å²) in [5.74, 6) is -0.208. The van der Waals surface area contributed by atoms with E-state index in [2.05, 4.69) is 30.5 Å². The minimum Gasteiger partial charge on any atom is -0.345 e. The molecule has 1 nitrogen and oxygen atoms in total. The highest BCUT2D eigenvalue weighted by atomic mass is 32.2. The van der Waals surface area contributed by atoms with Crippen molar-refractivity contribution in [2.24, 2.45) is 0 Å². The zero-order valence-electron chi connectivity index (χ0n) is 9.85. The van der Waals surface area contributed by atoms with Crippen molar-refractivity contribution in [2.75, 3.05) is 18.2 Å². The summed E-state index contributed by atoms with van der Waals surface area (Å²) in [4.78, 5) is 3.27. The Morgan fingerprint density at radius 2 is 1.35 bits per heavy atom. The van der Waals surface area contributed by atoms with Crippen molar-refractivity contribution in [3.8, 4) is 0 Å². The Morgan fingerprint density at radius 3 is 1.82 bits per heavy atom. The largest absolute Gasteiger partial charge is 0.345 e. The molecule has 0 fully saturated rings. The second-order valence-corrected chi connectivity index (χ2v) is 4.61. The molecule has 0 saturated heterocycles. The maximum absolute atomic E-state index is 12.8. The normalized spacial score (nSPS) is 10.3. The number of halogens is 1. The fourth-order valence-electron chi connectivity index (χ4n) is 1.62. The van der Waals surface area contributed by atoms with Gasteiger partial charge in [-0.25, -0.2) is 4.39 Å². The molecule has 0 unspecified atom stereocenters. The Kier molecular flexibility index (Phi) is 3.69. The predicted octanol–water partition coefficient (Wildman–Crippen LogP) is 4.32. The fourth-order valence-corrected chi connectivity index (χ4v) is 2.03. The summed E-state index contributed by atoms with van der Waals surface area (Å²) in [7, 11) is 1.97. The molecule has 0 aromatic heterocycles. The summed E-state index contributed by atoms with van der Waals surface area (Å²) in [6, 6.07) is 14.8. The molecule has 0 aliphatic carbocycles. The third-order valence-electron chi connectivity index (χ3n) is 2.67. The summed E-state index contributed by atoms with van der Waals surface area (Å²) < 4.78 is 12.8. The summed E-state index contributed by atoms with van der Waals surface area (Å²) in [6.07, 6.45) is 2.05. The first kappa shape index (κ1) is 12.0. The Bertz CT molecular complexity index is 479. The Hall–Kier alpha value is -1.48. The number of hydrogen-bond acceptors (Lipinski definition) is 2. The SMILES string of the molecule is CSc1ccc(N(C)c2ccc(F)cc2)cc1. The molecule has 2 aromatic rings. The zero-order valence-corrected chi connectivity index (χ0v) is 10.7. The van der Waals surface area contributed by atoms with Gasteiger partial charge in [0.25, 0.3) is 0 Å². The first-order valence-corrected chi connectivity index (χ1v) is 6.56. The number of hydrogen-bond donors (Lipinski definition) is 0. The molecule has 88 valence electrons. The lowest BCUT2D eigenvalue weighted by molar-refractivity contribution is 0.628. The Labute approximate surface area is 105 Å². The van der Waals surface area contributed by atoms with Crippen molar-refractivity contribution in [1.29, 1.82) is 0 Å². The second-order valence-electron chi connectivity index (χ2n) is 3.73. The molecule has 0 aliphatic rings. The van der Waals surface area contributed by atoms with Gasteiger partial charge in [-0.15, -0.1) is 11.8 Å². The third kappa shape index (κ3) is 2.80. The predicted molar refractivity (Wildman–Crippen MR) is 72.7 cm³/mol. The van der Waals surface area contributed by atoms with Gasteiger partial charge in [-0.05, 0) is 54.8 Å². The molecular formula is C14H14FNS. The first-order chi connectivity index (χ1) is 8.20. The average Bonchev–Trinajstić information content (AvgIpc) is 2.39. The molecule has 2 rings (SSSR count). The van der Waals surface area contributed by atoms with Crippen LogP contribution in [-0.2, 0) is 0 Å². The van der Waals surface area contributed by atoms with Crippen LogP contribution < -0.4 is 4.90 Å². The highest BCUT2D eigenvalue weighted by Gasteiger charge is 2.03. The van der Waals surface area contributed by atoms with Crippen LogP contribution in [0.1, 0.15) is 0 Å². The summed E-state index contributed by atoms with van der Waals surface area (Å²) in [6.45, 7) is 0. The molecule has 0 spiro atoms. The van der Waals surface area contributed by atoms with Gasteiger partial charge in [0.1, 0.15) is 5.82 Å². The van der Waals surface area contributed by atoms with E-state index in [0.29, 0.717) is 0 Å². The van der Waals surface area contributed by atoms with E-state index in [1.165, 1.54) is 17.0 Å². The van der Waals surface area contributed by atoms with Gasteiger partial charge in [-0.2, -0.15) is 0 Å². The smallest absolute Gasteiger partial charge is 0.123 e. The van der Waals surface area contributed by atoms with Gasteiger partial charge in [0.2, 0.25) is 0 Å². The quantitative estimate of drug-likeness (QED) is 0.743. The molecule has 0 aliphatic heterocycles. The van der Waals surface area contributed by atoms with E-state index in [-0.39, 0.29) is 5.82 Å².